The Morgan fingerprint density at radius 1 is 1.07 bits per heavy atom. The Hall–Kier alpha value is -0.300. The fourth-order valence-corrected chi connectivity index (χ4v) is 3.24. The zero-order valence-electron chi connectivity index (χ0n) is 10.3. The molecule has 2 aliphatic carbocycles. The van der Waals surface area contributed by atoms with Crippen molar-refractivity contribution in [1.29, 1.82) is 0 Å². The summed E-state index contributed by atoms with van der Waals surface area (Å²) >= 11 is 0. The average molecular weight is 207 g/mol. The zero-order chi connectivity index (χ0) is 10.7. The first kappa shape index (κ1) is 11.2. The highest BCUT2D eigenvalue weighted by atomic mass is 15.0. The van der Waals surface area contributed by atoms with Gasteiger partial charge in [0.25, 0.3) is 0 Å². The first-order valence-corrected chi connectivity index (χ1v) is 6.59. The summed E-state index contributed by atoms with van der Waals surface area (Å²) in [6, 6.07) is 0. The van der Waals surface area contributed by atoms with Crippen molar-refractivity contribution in [2.24, 2.45) is 17.8 Å². The summed E-state index contributed by atoms with van der Waals surface area (Å²) in [5.41, 5.74) is 0. The molecule has 0 heterocycles. The minimum atomic E-state index is 0.960. The second kappa shape index (κ2) is 5.16. The molecule has 2 bridgehead atoms. The molecule has 1 heteroatoms. The largest absolute Gasteiger partial charge is 0.309 e. The summed E-state index contributed by atoms with van der Waals surface area (Å²) in [5.74, 6) is 2.96. The smallest absolute Gasteiger partial charge is 0.00248 e. The Balaban J connectivity index is 1.54. The molecule has 0 aromatic heterocycles. The molecular formula is C14H25N. The monoisotopic (exact) mass is 207 g/mol. The molecular weight excluding hydrogens is 182 g/mol. The normalized spacial score (nSPS) is 33.1. The lowest BCUT2D eigenvalue weighted by Gasteiger charge is -2.17. The number of allylic oxidation sites excluding steroid dienone is 2. The SMILES string of the molecule is CN(C)CCCCCC1CC2C=CC1C2. The Morgan fingerprint density at radius 3 is 2.53 bits per heavy atom. The van der Waals surface area contributed by atoms with Crippen LogP contribution in [0.15, 0.2) is 12.2 Å². The minimum absolute atomic E-state index is 0.960. The molecule has 3 unspecified atom stereocenters. The van der Waals surface area contributed by atoms with E-state index in [0.717, 1.165) is 17.8 Å². The average Bonchev–Trinajstić information content (AvgIpc) is 2.78. The molecule has 2 aliphatic rings. The van der Waals surface area contributed by atoms with Crippen LogP contribution in [0.25, 0.3) is 0 Å². The van der Waals surface area contributed by atoms with Crippen molar-refractivity contribution in [2.75, 3.05) is 20.6 Å². The summed E-state index contributed by atoms with van der Waals surface area (Å²) in [4.78, 5) is 2.29. The van der Waals surface area contributed by atoms with Gasteiger partial charge in [-0.1, -0.05) is 25.0 Å². The lowest BCUT2D eigenvalue weighted by molar-refractivity contribution is 0.366. The van der Waals surface area contributed by atoms with Crippen LogP contribution in [0.1, 0.15) is 38.5 Å². The Labute approximate surface area is 94.5 Å². The molecule has 0 amide bonds. The predicted molar refractivity (Wildman–Crippen MR) is 65.9 cm³/mol. The third kappa shape index (κ3) is 3.07. The topological polar surface area (TPSA) is 3.24 Å². The van der Waals surface area contributed by atoms with Crippen LogP contribution < -0.4 is 0 Å². The fourth-order valence-electron chi connectivity index (χ4n) is 3.24. The van der Waals surface area contributed by atoms with Crippen LogP contribution in [0.2, 0.25) is 0 Å². The molecule has 0 spiro atoms. The van der Waals surface area contributed by atoms with Gasteiger partial charge in [0, 0.05) is 0 Å². The molecule has 0 aromatic rings. The fraction of sp³-hybridized carbons (Fsp3) is 0.857. The van der Waals surface area contributed by atoms with E-state index >= 15 is 0 Å². The van der Waals surface area contributed by atoms with Gasteiger partial charge >= 0.3 is 0 Å². The van der Waals surface area contributed by atoms with E-state index in [1.54, 1.807) is 0 Å². The number of unbranched alkanes of at least 4 members (excludes halogenated alkanes) is 2. The van der Waals surface area contributed by atoms with Gasteiger partial charge in [-0.05, 0) is 64.1 Å². The third-order valence-electron chi connectivity index (χ3n) is 4.10. The van der Waals surface area contributed by atoms with Crippen LogP contribution in [-0.4, -0.2) is 25.5 Å². The quantitative estimate of drug-likeness (QED) is 0.477. The van der Waals surface area contributed by atoms with Crippen LogP contribution in [0.5, 0.6) is 0 Å². The van der Waals surface area contributed by atoms with Gasteiger partial charge in [0.05, 0.1) is 0 Å². The van der Waals surface area contributed by atoms with Crippen molar-refractivity contribution in [3.63, 3.8) is 0 Å². The summed E-state index contributed by atoms with van der Waals surface area (Å²) in [7, 11) is 4.33. The molecule has 1 fully saturated rings. The van der Waals surface area contributed by atoms with E-state index in [1.807, 2.05) is 0 Å². The Kier molecular flexibility index (Phi) is 3.85. The second-order valence-corrected chi connectivity index (χ2v) is 5.69. The summed E-state index contributed by atoms with van der Waals surface area (Å²) in [5, 5.41) is 0. The lowest BCUT2D eigenvalue weighted by Crippen LogP contribution is -2.13. The van der Waals surface area contributed by atoms with Crippen LogP contribution in [0.4, 0.5) is 0 Å². The van der Waals surface area contributed by atoms with Gasteiger partial charge < -0.3 is 4.90 Å². The van der Waals surface area contributed by atoms with Gasteiger partial charge in [-0.2, -0.15) is 0 Å². The molecule has 86 valence electrons. The highest BCUT2D eigenvalue weighted by molar-refractivity contribution is 5.09. The molecule has 15 heavy (non-hydrogen) atoms. The minimum Gasteiger partial charge on any atom is -0.309 e. The molecule has 1 nitrogen and oxygen atoms in total. The highest BCUT2D eigenvalue weighted by Gasteiger charge is 2.34. The van der Waals surface area contributed by atoms with Crippen LogP contribution in [0, 0.1) is 17.8 Å². The first-order valence-electron chi connectivity index (χ1n) is 6.59. The van der Waals surface area contributed by atoms with E-state index in [9.17, 15) is 0 Å². The maximum absolute atomic E-state index is 2.48. The maximum atomic E-state index is 2.48. The Morgan fingerprint density at radius 2 is 1.93 bits per heavy atom. The number of rotatable bonds is 6. The summed E-state index contributed by atoms with van der Waals surface area (Å²) in [6.07, 6.45) is 13.6. The van der Waals surface area contributed by atoms with Crippen molar-refractivity contribution >= 4 is 0 Å². The van der Waals surface area contributed by atoms with Gasteiger partial charge in [0.2, 0.25) is 0 Å². The van der Waals surface area contributed by atoms with Crippen molar-refractivity contribution < 1.29 is 0 Å². The molecule has 0 aliphatic heterocycles. The molecule has 3 atom stereocenters. The van der Waals surface area contributed by atoms with Gasteiger partial charge in [-0.3, -0.25) is 0 Å². The van der Waals surface area contributed by atoms with E-state index in [1.165, 1.54) is 45.1 Å². The van der Waals surface area contributed by atoms with Crippen LogP contribution in [0.3, 0.4) is 0 Å². The van der Waals surface area contributed by atoms with E-state index in [0.29, 0.717) is 0 Å². The first-order chi connectivity index (χ1) is 7.25. The molecule has 1 saturated carbocycles. The van der Waals surface area contributed by atoms with Crippen LogP contribution in [-0.2, 0) is 0 Å². The van der Waals surface area contributed by atoms with Gasteiger partial charge in [-0.15, -0.1) is 0 Å². The zero-order valence-corrected chi connectivity index (χ0v) is 10.3. The van der Waals surface area contributed by atoms with Crippen LogP contribution >= 0.6 is 0 Å². The van der Waals surface area contributed by atoms with Gasteiger partial charge in [-0.25, -0.2) is 0 Å². The highest BCUT2D eigenvalue weighted by Crippen LogP contribution is 2.45. The molecule has 0 radical (unpaired) electrons. The standard InChI is InChI=1S/C14H25N/c1-15(2)9-5-3-4-6-13-10-12-7-8-14(13)11-12/h7-8,12-14H,3-6,9-11H2,1-2H3. The van der Waals surface area contributed by atoms with Crippen molar-refractivity contribution in [3.8, 4) is 0 Å². The number of fused-ring (bicyclic) bond motifs is 2. The Bertz CT molecular complexity index is 219. The van der Waals surface area contributed by atoms with E-state index in [2.05, 4.69) is 31.1 Å². The van der Waals surface area contributed by atoms with Crippen molar-refractivity contribution in [2.45, 2.75) is 38.5 Å². The predicted octanol–water partition coefficient (Wildman–Crippen LogP) is 3.32. The lowest BCUT2D eigenvalue weighted by atomic mass is 9.89. The number of hydrogen-bond acceptors (Lipinski definition) is 1. The molecule has 0 aromatic carbocycles. The van der Waals surface area contributed by atoms with Crippen molar-refractivity contribution in [1.82, 2.24) is 4.90 Å². The van der Waals surface area contributed by atoms with Gasteiger partial charge in [0.15, 0.2) is 0 Å². The molecule has 0 N–H and O–H groups in total. The number of hydrogen-bond donors (Lipinski definition) is 0. The van der Waals surface area contributed by atoms with Gasteiger partial charge in [0.1, 0.15) is 0 Å². The third-order valence-corrected chi connectivity index (χ3v) is 4.10. The summed E-state index contributed by atoms with van der Waals surface area (Å²) in [6.45, 7) is 1.26. The van der Waals surface area contributed by atoms with Crippen molar-refractivity contribution in [3.05, 3.63) is 12.2 Å². The second-order valence-electron chi connectivity index (χ2n) is 5.69. The molecule has 2 rings (SSSR count). The maximum Gasteiger partial charge on any atom is -0.00248 e. The van der Waals surface area contributed by atoms with E-state index in [4.69, 9.17) is 0 Å². The van der Waals surface area contributed by atoms with E-state index in [-0.39, 0.29) is 0 Å². The molecule has 0 saturated heterocycles. The number of nitrogens with zero attached hydrogens (tertiary/aromatic N) is 1. The van der Waals surface area contributed by atoms with E-state index < -0.39 is 0 Å². The summed E-state index contributed by atoms with van der Waals surface area (Å²) < 4.78 is 0.